The van der Waals surface area contributed by atoms with Crippen LogP contribution in [0.1, 0.15) is 44.7 Å². The average Bonchev–Trinajstić information content (AvgIpc) is 3.38. The summed E-state index contributed by atoms with van der Waals surface area (Å²) in [7, 11) is 0. The molecule has 1 aromatic heterocycles. The molecule has 1 fully saturated rings. The molecule has 39 heavy (non-hydrogen) atoms. The van der Waals surface area contributed by atoms with E-state index in [1.54, 1.807) is 28.2 Å². The van der Waals surface area contributed by atoms with Crippen molar-refractivity contribution in [1.82, 2.24) is 19.7 Å². The number of carbonyl (C=O) groups is 2. The molecule has 0 aliphatic carbocycles. The minimum Gasteiger partial charge on any atom is -0.450 e. The number of hydrogen-bond acceptors (Lipinski definition) is 6. The van der Waals surface area contributed by atoms with Crippen LogP contribution in [-0.4, -0.2) is 64.5 Å². The Kier molecular flexibility index (Phi) is 9.24. The maximum Gasteiger partial charge on any atom is 0.416 e. The molecule has 2 aromatic carbocycles. The topological polar surface area (TPSA) is 66.0 Å². The highest BCUT2D eigenvalue weighted by atomic mass is 32.1. The Labute approximate surface area is 229 Å². The second-order valence-electron chi connectivity index (χ2n) is 9.43. The van der Waals surface area contributed by atoms with Crippen LogP contribution in [0.15, 0.2) is 53.9 Å². The van der Waals surface area contributed by atoms with Crippen LogP contribution in [0.3, 0.4) is 0 Å². The van der Waals surface area contributed by atoms with Crippen molar-refractivity contribution in [3.05, 3.63) is 86.9 Å². The van der Waals surface area contributed by atoms with Gasteiger partial charge in [-0.05, 0) is 31.0 Å². The molecule has 0 N–H and O–H groups in total. The summed E-state index contributed by atoms with van der Waals surface area (Å²) in [4.78, 5) is 34.8. The molecule has 1 aliphatic rings. The molecule has 2 heterocycles. The molecule has 7 nitrogen and oxygen atoms in total. The maximum atomic E-state index is 13.3. The van der Waals surface area contributed by atoms with E-state index in [0.717, 1.165) is 17.2 Å². The lowest BCUT2D eigenvalue weighted by molar-refractivity contribution is -0.137. The second-order valence-corrected chi connectivity index (χ2v) is 10.4. The number of thiazole rings is 1. The Hall–Kier alpha value is -3.44. The quantitative estimate of drug-likeness (QED) is 0.360. The lowest BCUT2D eigenvalue weighted by atomic mass is 10.1. The highest BCUT2D eigenvalue weighted by molar-refractivity contribution is 7.09. The van der Waals surface area contributed by atoms with E-state index in [1.165, 1.54) is 23.5 Å². The lowest BCUT2D eigenvalue weighted by Gasteiger charge is -2.33. The van der Waals surface area contributed by atoms with Gasteiger partial charge < -0.3 is 14.5 Å². The molecule has 0 saturated carbocycles. The number of nitrogens with zero attached hydrogens (tertiary/aromatic N) is 4. The van der Waals surface area contributed by atoms with Gasteiger partial charge in [0.25, 0.3) is 5.91 Å². The first-order valence-corrected chi connectivity index (χ1v) is 13.6. The van der Waals surface area contributed by atoms with Gasteiger partial charge in [-0.15, -0.1) is 11.3 Å². The number of carbonyl (C=O) groups excluding carboxylic acids is 2. The van der Waals surface area contributed by atoms with E-state index < -0.39 is 11.7 Å². The molecule has 3 aromatic rings. The fourth-order valence-corrected chi connectivity index (χ4v) is 5.17. The molecular formula is C28H31F3N4O3S. The molecule has 0 unspecified atom stereocenters. The zero-order valence-electron chi connectivity index (χ0n) is 21.9. The fourth-order valence-electron chi connectivity index (χ4n) is 4.37. The van der Waals surface area contributed by atoms with E-state index in [9.17, 15) is 22.8 Å². The van der Waals surface area contributed by atoms with Crippen LogP contribution in [-0.2, 0) is 30.5 Å². The molecule has 0 spiro atoms. The molecule has 208 valence electrons. The standard InChI is InChI=1S/C28H31F3N4O3S/c1-3-38-27(37)35-13-11-34(12-14-35)26(36)24-19-39-25(32-24)18-33(16-21-9-7-20(2)8-10-21)17-22-5-4-6-23(15-22)28(29,30)31/h4-10,15,19H,3,11-14,16-18H2,1-2H3. The SMILES string of the molecule is CCOC(=O)N1CCN(C(=O)c2csc(CN(Cc3ccc(C)cc3)Cc3cccc(C(F)(F)F)c3)n2)CC1. The molecular weight excluding hydrogens is 529 g/mol. The van der Waals surface area contributed by atoms with Gasteiger partial charge in [0, 0.05) is 44.6 Å². The Balaban J connectivity index is 1.45. The summed E-state index contributed by atoms with van der Waals surface area (Å²) in [5, 5.41) is 2.41. The largest absolute Gasteiger partial charge is 0.450 e. The number of alkyl halides is 3. The van der Waals surface area contributed by atoms with Gasteiger partial charge >= 0.3 is 12.3 Å². The third kappa shape index (κ3) is 7.79. The van der Waals surface area contributed by atoms with Gasteiger partial charge in [0.05, 0.1) is 18.7 Å². The Bertz CT molecular complexity index is 1270. The molecule has 2 amide bonds. The van der Waals surface area contributed by atoms with Crippen LogP contribution < -0.4 is 0 Å². The van der Waals surface area contributed by atoms with Crippen molar-refractivity contribution in [3.8, 4) is 0 Å². The number of amides is 2. The number of piperazine rings is 1. The normalized spacial score (nSPS) is 14.1. The van der Waals surface area contributed by atoms with Crippen LogP contribution in [0.5, 0.6) is 0 Å². The molecule has 1 aliphatic heterocycles. The molecule has 0 radical (unpaired) electrons. The van der Waals surface area contributed by atoms with E-state index in [-0.39, 0.29) is 18.5 Å². The first-order chi connectivity index (χ1) is 18.6. The predicted molar refractivity (Wildman–Crippen MR) is 142 cm³/mol. The third-order valence-electron chi connectivity index (χ3n) is 6.41. The first-order valence-electron chi connectivity index (χ1n) is 12.7. The van der Waals surface area contributed by atoms with Gasteiger partial charge in [-0.1, -0.05) is 48.0 Å². The smallest absolute Gasteiger partial charge is 0.416 e. The summed E-state index contributed by atoms with van der Waals surface area (Å²) >= 11 is 1.35. The predicted octanol–water partition coefficient (Wildman–Crippen LogP) is 5.59. The number of ether oxygens (including phenoxy) is 1. The van der Waals surface area contributed by atoms with E-state index >= 15 is 0 Å². The summed E-state index contributed by atoms with van der Waals surface area (Å²) in [6, 6.07) is 13.4. The summed E-state index contributed by atoms with van der Waals surface area (Å²) in [6.07, 6.45) is -4.79. The van der Waals surface area contributed by atoms with Gasteiger partial charge in [-0.2, -0.15) is 13.2 Å². The molecule has 0 bridgehead atoms. The summed E-state index contributed by atoms with van der Waals surface area (Å²) in [6.45, 7) is 6.78. The molecule has 1 saturated heterocycles. The highest BCUT2D eigenvalue weighted by Crippen LogP contribution is 2.30. The molecule has 11 heteroatoms. The summed E-state index contributed by atoms with van der Waals surface area (Å²) in [5.41, 5.74) is 2.34. The van der Waals surface area contributed by atoms with Crippen LogP contribution >= 0.6 is 11.3 Å². The third-order valence-corrected chi connectivity index (χ3v) is 7.24. The van der Waals surface area contributed by atoms with Gasteiger partial charge in [0.1, 0.15) is 10.7 Å². The van der Waals surface area contributed by atoms with Crippen molar-refractivity contribution in [2.24, 2.45) is 0 Å². The van der Waals surface area contributed by atoms with Gasteiger partial charge in [0.15, 0.2) is 0 Å². The van der Waals surface area contributed by atoms with Crippen LogP contribution in [0.2, 0.25) is 0 Å². The van der Waals surface area contributed by atoms with Crippen LogP contribution in [0.25, 0.3) is 0 Å². The van der Waals surface area contributed by atoms with E-state index in [2.05, 4.69) is 4.98 Å². The van der Waals surface area contributed by atoms with Crippen LogP contribution in [0.4, 0.5) is 18.0 Å². The molecule has 0 atom stereocenters. The van der Waals surface area contributed by atoms with Crippen molar-refractivity contribution in [2.45, 2.75) is 39.7 Å². The fraction of sp³-hybridized carbons (Fsp3) is 0.393. The zero-order chi connectivity index (χ0) is 28.0. The number of hydrogen-bond donors (Lipinski definition) is 0. The summed E-state index contributed by atoms with van der Waals surface area (Å²) < 4.78 is 44.9. The number of halogens is 3. The van der Waals surface area contributed by atoms with Crippen molar-refractivity contribution < 1.29 is 27.5 Å². The van der Waals surface area contributed by atoms with E-state index in [1.807, 2.05) is 36.1 Å². The monoisotopic (exact) mass is 560 g/mol. The Morgan fingerprint density at radius 3 is 2.31 bits per heavy atom. The van der Waals surface area contributed by atoms with Crippen molar-refractivity contribution in [2.75, 3.05) is 32.8 Å². The summed E-state index contributed by atoms with van der Waals surface area (Å²) in [5.74, 6) is -0.205. The highest BCUT2D eigenvalue weighted by Gasteiger charge is 2.30. The number of benzene rings is 2. The average molecular weight is 561 g/mol. The van der Waals surface area contributed by atoms with Gasteiger partial charge in [-0.3, -0.25) is 9.69 Å². The van der Waals surface area contributed by atoms with Gasteiger partial charge in [0.2, 0.25) is 0 Å². The van der Waals surface area contributed by atoms with Gasteiger partial charge in [-0.25, -0.2) is 9.78 Å². The second kappa shape index (κ2) is 12.6. The minimum absolute atomic E-state index is 0.205. The van der Waals surface area contributed by atoms with Crippen molar-refractivity contribution in [1.29, 1.82) is 0 Å². The molecule has 4 rings (SSSR count). The minimum atomic E-state index is -4.41. The lowest BCUT2D eigenvalue weighted by Crippen LogP contribution is -2.50. The van der Waals surface area contributed by atoms with E-state index in [4.69, 9.17) is 4.74 Å². The maximum absolute atomic E-state index is 13.3. The number of aromatic nitrogens is 1. The first kappa shape index (κ1) is 28.6. The van der Waals surface area contributed by atoms with E-state index in [0.29, 0.717) is 62.1 Å². The zero-order valence-corrected chi connectivity index (χ0v) is 22.7. The van der Waals surface area contributed by atoms with Crippen molar-refractivity contribution >= 4 is 23.3 Å². The Morgan fingerprint density at radius 2 is 1.64 bits per heavy atom. The van der Waals surface area contributed by atoms with Crippen molar-refractivity contribution in [3.63, 3.8) is 0 Å². The number of aryl methyl sites for hydroxylation is 1. The van der Waals surface area contributed by atoms with Crippen LogP contribution in [0, 0.1) is 6.92 Å². The number of rotatable bonds is 8. The Morgan fingerprint density at radius 1 is 0.974 bits per heavy atom.